The number of rotatable bonds is 4. The van der Waals surface area contributed by atoms with Gasteiger partial charge in [0.25, 0.3) is 0 Å². The van der Waals surface area contributed by atoms with Gasteiger partial charge in [0.05, 0.1) is 12.8 Å². The second-order valence-corrected chi connectivity index (χ2v) is 8.80. The summed E-state index contributed by atoms with van der Waals surface area (Å²) in [5.41, 5.74) is 1.16. The number of likely N-dealkylation sites (tertiary alicyclic amines) is 2. The number of hydrogen-bond acceptors (Lipinski definition) is 6. The van der Waals surface area contributed by atoms with Crippen molar-refractivity contribution in [2.75, 3.05) is 40.3 Å². The van der Waals surface area contributed by atoms with Crippen LogP contribution < -0.4 is 10.4 Å². The first-order valence-corrected chi connectivity index (χ1v) is 11.2. The highest BCUT2D eigenvalue weighted by molar-refractivity contribution is 5.86. The van der Waals surface area contributed by atoms with Crippen LogP contribution in [0.15, 0.2) is 35.1 Å². The first-order valence-electron chi connectivity index (χ1n) is 11.2. The fraction of sp³-hybridized carbons (Fsp3) is 0.522. The van der Waals surface area contributed by atoms with Crippen molar-refractivity contribution in [2.45, 2.75) is 37.6 Å². The molecule has 0 bridgehead atoms. The van der Waals surface area contributed by atoms with E-state index in [9.17, 15) is 4.79 Å². The number of benzene rings is 1. The summed E-state index contributed by atoms with van der Waals surface area (Å²) < 4.78 is 6.74. The van der Waals surface area contributed by atoms with E-state index < -0.39 is 0 Å². The number of hydrogen-bond donors (Lipinski definition) is 1. The van der Waals surface area contributed by atoms with Crippen LogP contribution in [0.25, 0.3) is 16.6 Å². The maximum Gasteiger partial charge on any atom is 0.348 e. The Kier molecular flexibility index (Phi) is 5.50. The van der Waals surface area contributed by atoms with E-state index >= 15 is 0 Å². The van der Waals surface area contributed by atoms with E-state index in [1.54, 1.807) is 7.11 Å². The Balaban J connectivity index is 1.42. The summed E-state index contributed by atoms with van der Waals surface area (Å²) in [6.07, 6.45) is 4.63. The molecular formula is C23H30N6O2. The highest BCUT2D eigenvalue weighted by atomic mass is 16.5. The van der Waals surface area contributed by atoms with Crippen LogP contribution in [0.4, 0.5) is 0 Å². The third kappa shape index (κ3) is 3.97. The van der Waals surface area contributed by atoms with E-state index in [2.05, 4.69) is 26.8 Å². The number of para-hydroxylation sites is 1. The van der Waals surface area contributed by atoms with Gasteiger partial charge >= 0.3 is 5.69 Å². The molecule has 0 saturated carbocycles. The fourth-order valence-electron chi connectivity index (χ4n) is 5.01. The summed E-state index contributed by atoms with van der Waals surface area (Å²) in [5.74, 6) is 1.55. The van der Waals surface area contributed by atoms with Crippen LogP contribution in [-0.2, 0) is 0 Å². The zero-order valence-electron chi connectivity index (χ0n) is 18.3. The summed E-state index contributed by atoms with van der Waals surface area (Å²) in [6.45, 7) is 4.43. The van der Waals surface area contributed by atoms with Crippen molar-refractivity contribution in [1.82, 2.24) is 29.5 Å². The van der Waals surface area contributed by atoms with Gasteiger partial charge in [0.2, 0.25) is 5.88 Å². The molecule has 8 nitrogen and oxygen atoms in total. The molecule has 164 valence electrons. The van der Waals surface area contributed by atoms with Gasteiger partial charge in [-0.05, 0) is 64.5 Å². The quantitative estimate of drug-likeness (QED) is 0.696. The molecule has 5 rings (SSSR count). The van der Waals surface area contributed by atoms with Crippen molar-refractivity contribution < 1.29 is 4.74 Å². The number of aromatic nitrogens is 4. The lowest BCUT2D eigenvalue weighted by Gasteiger charge is -2.41. The Bertz CT molecular complexity index is 1110. The minimum absolute atomic E-state index is 0.219. The number of nitrogens with one attached hydrogen (secondary N) is 1. The zero-order valence-corrected chi connectivity index (χ0v) is 18.3. The molecule has 2 aromatic heterocycles. The smallest absolute Gasteiger partial charge is 0.348 e. The highest BCUT2D eigenvalue weighted by Crippen LogP contribution is 2.29. The predicted molar refractivity (Wildman–Crippen MR) is 120 cm³/mol. The molecule has 2 aliphatic heterocycles. The molecule has 0 aliphatic carbocycles. The molecule has 2 aliphatic rings. The normalized spacial score (nSPS) is 21.5. The molecule has 3 aromatic rings. The van der Waals surface area contributed by atoms with Crippen molar-refractivity contribution in [3.05, 3.63) is 46.6 Å². The van der Waals surface area contributed by atoms with Gasteiger partial charge in [-0.15, -0.1) is 5.10 Å². The standard InChI is InChI=1S/C23H30N6O2/c1-27-13-10-18(11-14-27)28-12-4-6-17(15-28)22-25-23(30)29(26-22)19-7-3-5-16-8-9-20(31-2)24-21(16)19/h3,5,7-9,17-18H,4,6,10-15H2,1-2H3,(H,25,26,30). The molecule has 0 radical (unpaired) electrons. The van der Waals surface area contributed by atoms with Crippen molar-refractivity contribution in [2.24, 2.45) is 0 Å². The van der Waals surface area contributed by atoms with E-state index in [1.165, 1.54) is 17.5 Å². The minimum Gasteiger partial charge on any atom is -0.481 e. The lowest BCUT2D eigenvalue weighted by molar-refractivity contribution is 0.0926. The molecule has 8 heteroatoms. The number of nitrogens with zero attached hydrogens (tertiary/aromatic N) is 5. The fourth-order valence-corrected chi connectivity index (χ4v) is 5.01. The topological polar surface area (TPSA) is 79.3 Å². The number of methoxy groups -OCH3 is 1. The van der Waals surface area contributed by atoms with Gasteiger partial charge in [0, 0.05) is 30.0 Å². The number of fused-ring (bicyclic) bond motifs is 1. The molecule has 1 N–H and O–H groups in total. The SMILES string of the molecule is COc1ccc2cccc(-n3nc(C4CCCN(C5CCN(C)CC5)C4)[nH]c3=O)c2n1. The Morgan fingerprint density at radius 2 is 1.94 bits per heavy atom. The summed E-state index contributed by atoms with van der Waals surface area (Å²) >= 11 is 0. The van der Waals surface area contributed by atoms with E-state index in [0.717, 1.165) is 50.2 Å². The molecule has 2 fully saturated rings. The Labute approximate surface area is 181 Å². The van der Waals surface area contributed by atoms with Crippen LogP contribution in [-0.4, -0.2) is 75.9 Å². The monoisotopic (exact) mass is 422 g/mol. The van der Waals surface area contributed by atoms with Gasteiger partial charge in [0.1, 0.15) is 11.3 Å². The first-order chi connectivity index (χ1) is 15.1. The van der Waals surface area contributed by atoms with Crippen LogP contribution in [0, 0.1) is 0 Å². The average molecular weight is 423 g/mol. The van der Waals surface area contributed by atoms with E-state index in [4.69, 9.17) is 9.84 Å². The molecule has 4 heterocycles. The molecular weight excluding hydrogens is 392 g/mol. The third-order valence-electron chi connectivity index (χ3n) is 6.79. The van der Waals surface area contributed by atoms with Gasteiger partial charge in [-0.2, -0.15) is 4.68 Å². The second kappa shape index (κ2) is 8.43. The van der Waals surface area contributed by atoms with E-state index in [0.29, 0.717) is 23.1 Å². The molecule has 1 aromatic carbocycles. The van der Waals surface area contributed by atoms with Crippen LogP contribution in [0.2, 0.25) is 0 Å². The summed E-state index contributed by atoms with van der Waals surface area (Å²) in [5, 5.41) is 5.68. The number of ether oxygens (including phenoxy) is 1. The lowest BCUT2D eigenvalue weighted by Crippen LogP contribution is -2.47. The Hall–Kier alpha value is -2.71. The number of pyridine rings is 1. The largest absolute Gasteiger partial charge is 0.481 e. The molecule has 31 heavy (non-hydrogen) atoms. The van der Waals surface area contributed by atoms with Crippen LogP contribution in [0.3, 0.4) is 0 Å². The second-order valence-electron chi connectivity index (χ2n) is 8.80. The van der Waals surface area contributed by atoms with Crippen LogP contribution in [0.1, 0.15) is 37.4 Å². The van der Waals surface area contributed by atoms with Crippen molar-refractivity contribution in [3.8, 4) is 11.6 Å². The zero-order chi connectivity index (χ0) is 21.4. The van der Waals surface area contributed by atoms with Crippen molar-refractivity contribution >= 4 is 10.9 Å². The van der Waals surface area contributed by atoms with E-state index in [1.807, 2.05) is 30.3 Å². The first kappa shape index (κ1) is 20.2. The van der Waals surface area contributed by atoms with Crippen LogP contribution >= 0.6 is 0 Å². The van der Waals surface area contributed by atoms with Crippen molar-refractivity contribution in [1.29, 1.82) is 0 Å². The number of piperidine rings is 2. The van der Waals surface area contributed by atoms with Gasteiger partial charge in [0.15, 0.2) is 0 Å². The molecule has 1 atom stereocenters. The van der Waals surface area contributed by atoms with Gasteiger partial charge in [-0.3, -0.25) is 9.88 Å². The lowest BCUT2D eigenvalue weighted by atomic mass is 9.93. The van der Waals surface area contributed by atoms with Gasteiger partial charge in [-0.25, -0.2) is 9.78 Å². The maximum absolute atomic E-state index is 12.9. The van der Waals surface area contributed by atoms with Gasteiger partial charge in [-0.1, -0.05) is 12.1 Å². The van der Waals surface area contributed by atoms with E-state index in [-0.39, 0.29) is 11.6 Å². The minimum atomic E-state index is -0.219. The molecule has 2 saturated heterocycles. The summed E-state index contributed by atoms with van der Waals surface area (Å²) in [4.78, 5) is 25.5. The Morgan fingerprint density at radius 1 is 1.10 bits per heavy atom. The number of aromatic amines is 1. The summed E-state index contributed by atoms with van der Waals surface area (Å²) in [6, 6.07) is 10.2. The van der Waals surface area contributed by atoms with Crippen molar-refractivity contribution in [3.63, 3.8) is 0 Å². The predicted octanol–water partition coefficient (Wildman–Crippen LogP) is 2.39. The maximum atomic E-state index is 12.9. The molecule has 1 unspecified atom stereocenters. The van der Waals surface area contributed by atoms with Crippen LogP contribution in [0.5, 0.6) is 5.88 Å². The molecule has 0 amide bonds. The Morgan fingerprint density at radius 3 is 2.74 bits per heavy atom. The number of H-pyrrole nitrogens is 1. The third-order valence-corrected chi connectivity index (χ3v) is 6.79. The highest BCUT2D eigenvalue weighted by Gasteiger charge is 2.30. The molecule has 0 spiro atoms. The summed E-state index contributed by atoms with van der Waals surface area (Å²) in [7, 11) is 3.79. The average Bonchev–Trinajstić information content (AvgIpc) is 3.20. The van der Waals surface area contributed by atoms with Gasteiger partial charge < -0.3 is 9.64 Å².